The number of carbonyl (C=O) groups is 3. The second kappa shape index (κ2) is 10.4. The van der Waals surface area contributed by atoms with E-state index in [1.807, 2.05) is 6.92 Å². The normalized spacial score (nSPS) is 10.6. The molecule has 0 N–H and O–H groups in total. The molecule has 0 spiro atoms. The lowest BCUT2D eigenvalue weighted by atomic mass is 10.1. The van der Waals surface area contributed by atoms with Crippen molar-refractivity contribution in [1.82, 2.24) is 4.57 Å². The van der Waals surface area contributed by atoms with E-state index in [-0.39, 0.29) is 29.3 Å². The van der Waals surface area contributed by atoms with Gasteiger partial charge in [0.05, 0.1) is 34.8 Å². The number of imide groups is 1. The minimum absolute atomic E-state index is 0.00304. The fraction of sp³-hybridized carbons (Fsp3) is 0.250. The molecule has 3 rings (SSSR count). The maximum atomic E-state index is 13.8. The Labute approximate surface area is 200 Å². The van der Waals surface area contributed by atoms with Gasteiger partial charge in [-0.25, -0.2) is 14.5 Å². The Balaban J connectivity index is 2.33. The van der Waals surface area contributed by atoms with E-state index in [1.165, 1.54) is 29.8 Å². The third-order valence-electron chi connectivity index (χ3n) is 4.93. The quantitative estimate of drug-likeness (QED) is 0.475. The van der Waals surface area contributed by atoms with Crippen LogP contribution in [-0.4, -0.2) is 35.9 Å². The minimum Gasteiger partial charge on any atom is -0.449 e. The summed E-state index contributed by atoms with van der Waals surface area (Å²) in [6.45, 7) is 4.98. The molecule has 2 amide bonds. The molecule has 0 atom stereocenters. The van der Waals surface area contributed by atoms with E-state index in [1.54, 1.807) is 38.1 Å². The van der Waals surface area contributed by atoms with E-state index < -0.39 is 35.0 Å². The average Bonchev–Trinajstić information content (AvgIpc) is 2.79. The van der Waals surface area contributed by atoms with Crippen LogP contribution in [0.4, 0.5) is 15.3 Å². The van der Waals surface area contributed by atoms with Crippen molar-refractivity contribution in [2.45, 2.75) is 20.8 Å². The van der Waals surface area contributed by atoms with E-state index in [2.05, 4.69) is 0 Å². The molecule has 0 aliphatic rings. The molecule has 9 nitrogen and oxygen atoms in total. The summed E-state index contributed by atoms with van der Waals surface area (Å²) in [5.41, 5.74) is -0.0196. The number of fused-ring (bicyclic) bond motifs is 1. The SMILES string of the molecule is CCOC(=O)Oc1c(C(=O)N(C(=O)OCC)c2ccc(C)cc2)c(=O)n(C)c2cccc(Cl)c12. The predicted octanol–water partition coefficient (Wildman–Crippen LogP) is 4.84. The van der Waals surface area contributed by atoms with Crippen molar-refractivity contribution < 1.29 is 28.6 Å². The molecular formula is C24H23ClN2O7. The van der Waals surface area contributed by atoms with E-state index in [4.69, 9.17) is 25.8 Å². The molecule has 3 aromatic rings. The summed E-state index contributed by atoms with van der Waals surface area (Å²) in [7, 11) is 1.44. The molecule has 0 saturated carbocycles. The number of pyridine rings is 1. The maximum absolute atomic E-state index is 13.8. The van der Waals surface area contributed by atoms with Crippen LogP contribution in [0.3, 0.4) is 0 Å². The molecule has 34 heavy (non-hydrogen) atoms. The molecule has 10 heteroatoms. The zero-order valence-corrected chi connectivity index (χ0v) is 19.8. The van der Waals surface area contributed by atoms with Gasteiger partial charge in [-0.05, 0) is 45.0 Å². The number of aryl methyl sites for hydroxylation is 2. The molecule has 178 valence electrons. The maximum Gasteiger partial charge on any atom is 0.513 e. The lowest BCUT2D eigenvalue weighted by Gasteiger charge is -2.22. The smallest absolute Gasteiger partial charge is 0.449 e. The van der Waals surface area contributed by atoms with Crippen LogP contribution >= 0.6 is 11.6 Å². The molecule has 0 saturated heterocycles. The number of carbonyl (C=O) groups excluding carboxylic acids is 3. The number of nitrogens with zero attached hydrogens (tertiary/aromatic N) is 2. The van der Waals surface area contributed by atoms with Crippen LogP contribution in [-0.2, 0) is 16.5 Å². The number of halogens is 1. The summed E-state index contributed by atoms with van der Waals surface area (Å²) in [4.78, 5) is 52.9. The molecule has 0 aliphatic carbocycles. The largest absolute Gasteiger partial charge is 0.513 e. The Bertz CT molecular complexity index is 1320. The average molecular weight is 487 g/mol. The van der Waals surface area contributed by atoms with Gasteiger partial charge in [-0.1, -0.05) is 35.4 Å². The lowest BCUT2D eigenvalue weighted by Crippen LogP contribution is -2.41. The number of benzene rings is 2. The highest BCUT2D eigenvalue weighted by Crippen LogP contribution is 2.35. The van der Waals surface area contributed by atoms with Crippen molar-refractivity contribution in [3.05, 3.63) is 69.0 Å². The van der Waals surface area contributed by atoms with Crippen LogP contribution in [0.25, 0.3) is 10.9 Å². The highest BCUT2D eigenvalue weighted by atomic mass is 35.5. The third kappa shape index (κ3) is 4.74. The molecule has 1 heterocycles. The van der Waals surface area contributed by atoms with Crippen molar-refractivity contribution in [3.8, 4) is 5.75 Å². The summed E-state index contributed by atoms with van der Waals surface area (Å²) in [6.07, 6.45) is -2.14. The highest BCUT2D eigenvalue weighted by Gasteiger charge is 2.34. The van der Waals surface area contributed by atoms with Crippen molar-refractivity contribution in [2.24, 2.45) is 7.05 Å². The third-order valence-corrected chi connectivity index (χ3v) is 5.25. The molecule has 2 aromatic carbocycles. The number of hydrogen-bond donors (Lipinski definition) is 0. The van der Waals surface area contributed by atoms with Gasteiger partial charge in [0.2, 0.25) is 0 Å². The predicted molar refractivity (Wildman–Crippen MR) is 127 cm³/mol. The first-order valence-electron chi connectivity index (χ1n) is 10.4. The van der Waals surface area contributed by atoms with Gasteiger partial charge < -0.3 is 18.8 Å². The topological polar surface area (TPSA) is 104 Å². The molecule has 0 radical (unpaired) electrons. The number of hydrogen-bond acceptors (Lipinski definition) is 7. The molecule has 0 unspecified atom stereocenters. The first-order valence-corrected chi connectivity index (χ1v) is 10.8. The molecular weight excluding hydrogens is 464 g/mol. The molecule has 0 fully saturated rings. The zero-order valence-electron chi connectivity index (χ0n) is 19.1. The van der Waals surface area contributed by atoms with Gasteiger partial charge >= 0.3 is 12.2 Å². The molecule has 0 bridgehead atoms. The van der Waals surface area contributed by atoms with Crippen LogP contribution in [0.15, 0.2) is 47.3 Å². The van der Waals surface area contributed by atoms with Crippen LogP contribution in [0.5, 0.6) is 5.75 Å². The Morgan fingerprint density at radius 3 is 2.26 bits per heavy atom. The van der Waals surface area contributed by atoms with Crippen LogP contribution in [0.2, 0.25) is 5.02 Å². The monoisotopic (exact) mass is 486 g/mol. The van der Waals surface area contributed by atoms with Crippen molar-refractivity contribution >= 4 is 46.3 Å². The van der Waals surface area contributed by atoms with Crippen molar-refractivity contribution in [2.75, 3.05) is 18.1 Å². The van der Waals surface area contributed by atoms with E-state index in [0.29, 0.717) is 10.4 Å². The summed E-state index contributed by atoms with van der Waals surface area (Å²) in [6, 6.07) is 11.2. The van der Waals surface area contributed by atoms with Crippen LogP contribution in [0, 0.1) is 6.92 Å². The highest BCUT2D eigenvalue weighted by molar-refractivity contribution is 6.36. The number of aromatic nitrogens is 1. The Morgan fingerprint density at radius 1 is 1.00 bits per heavy atom. The Morgan fingerprint density at radius 2 is 1.65 bits per heavy atom. The summed E-state index contributed by atoms with van der Waals surface area (Å²) < 4.78 is 16.4. The van der Waals surface area contributed by atoms with Gasteiger partial charge in [0.25, 0.3) is 11.5 Å². The summed E-state index contributed by atoms with van der Waals surface area (Å²) in [5, 5.41) is 0.259. The first-order chi connectivity index (χ1) is 16.2. The number of amides is 2. The van der Waals surface area contributed by atoms with Crippen LogP contribution < -0.4 is 15.2 Å². The molecule has 1 aromatic heterocycles. The van der Waals surface area contributed by atoms with Gasteiger partial charge in [0, 0.05) is 7.05 Å². The first kappa shape index (κ1) is 24.8. The molecule has 0 aliphatic heterocycles. The second-order valence-electron chi connectivity index (χ2n) is 7.16. The Hall–Kier alpha value is -3.85. The lowest BCUT2D eigenvalue weighted by molar-refractivity contribution is 0.0952. The second-order valence-corrected chi connectivity index (χ2v) is 7.57. The minimum atomic E-state index is -1.14. The van der Waals surface area contributed by atoms with E-state index in [9.17, 15) is 19.2 Å². The van der Waals surface area contributed by atoms with Crippen molar-refractivity contribution in [3.63, 3.8) is 0 Å². The van der Waals surface area contributed by atoms with E-state index >= 15 is 0 Å². The van der Waals surface area contributed by atoms with Crippen LogP contribution in [0.1, 0.15) is 29.8 Å². The summed E-state index contributed by atoms with van der Waals surface area (Å²) in [5.74, 6) is -1.46. The number of ether oxygens (including phenoxy) is 3. The fourth-order valence-corrected chi connectivity index (χ4v) is 3.59. The summed E-state index contributed by atoms with van der Waals surface area (Å²) >= 11 is 6.39. The van der Waals surface area contributed by atoms with Gasteiger partial charge in [-0.2, -0.15) is 0 Å². The zero-order chi connectivity index (χ0) is 25.0. The van der Waals surface area contributed by atoms with Gasteiger partial charge in [0.1, 0.15) is 5.56 Å². The Kier molecular flexibility index (Phi) is 7.57. The number of rotatable bonds is 5. The van der Waals surface area contributed by atoms with Gasteiger partial charge in [0.15, 0.2) is 5.75 Å². The fourth-order valence-electron chi connectivity index (χ4n) is 3.34. The number of anilines is 1. The van der Waals surface area contributed by atoms with Gasteiger partial charge in [-0.3, -0.25) is 9.59 Å². The van der Waals surface area contributed by atoms with Gasteiger partial charge in [-0.15, -0.1) is 0 Å². The van der Waals surface area contributed by atoms with Crippen molar-refractivity contribution in [1.29, 1.82) is 0 Å². The van der Waals surface area contributed by atoms with E-state index in [0.717, 1.165) is 5.56 Å². The standard InChI is InChI=1S/C24H23ClN2O7/c1-5-32-23(30)27(15-12-10-14(3)11-13-15)22(29)19-20(34-24(31)33-6-2)18-16(25)8-7-9-17(18)26(4)21(19)28/h7-13H,5-6H2,1-4H3.